The third kappa shape index (κ3) is 3.93. The maximum atomic E-state index is 13.9. The molecule has 0 aliphatic rings. The van der Waals surface area contributed by atoms with Gasteiger partial charge in [-0.2, -0.15) is 0 Å². The van der Waals surface area contributed by atoms with Crippen LogP contribution in [0.3, 0.4) is 0 Å². The highest BCUT2D eigenvalue weighted by atomic mass is 35.5. The van der Waals surface area contributed by atoms with E-state index in [2.05, 4.69) is 9.97 Å². The van der Waals surface area contributed by atoms with Gasteiger partial charge in [-0.3, -0.25) is 0 Å². The van der Waals surface area contributed by atoms with Crippen LogP contribution in [0.25, 0.3) is 22.2 Å². The number of rotatable bonds is 5. The van der Waals surface area contributed by atoms with Crippen molar-refractivity contribution in [1.29, 1.82) is 0 Å². The second kappa shape index (κ2) is 7.93. The average Bonchev–Trinajstić information content (AvgIpc) is 2.72. The quantitative estimate of drug-likeness (QED) is 0.487. The fourth-order valence-electron chi connectivity index (χ4n) is 3.05. The topological polar surface area (TPSA) is 70.3 Å². The predicted octanol–water partition coefficient (Wildman–Crippen LogP) is 5.26. The van der Waals surface area contributed by atoms with Crippen LogP contribution in [0.15, 0.2) is 60.7 Å². The first-order valence-corrected chi connectivity index (χ1v) is 9.20. The Balaban J connectivity index is 1.76. The van der Waals surface area contributed by atoms with Crippen molar-refractivity contribution in [3.63, 3.8) is 0 Å². The number of fused-ring (bicyclic) bond motifs is 1. The van der Waals surface area contributed by atoms with Crippen LogP contribution in [-0.2, 0) is 6.61 Å². The number of aromatic nitrogens is 2. The molecule has 5 nitrogen and oxygen atoms in total. The van der Waals surface area contributed by atoms with E-state index in [9.17, 15) is 4.39 Å². The van der Waals surface area contributed by atoms with Crippen molar-refractivity contribution >= 4 is 28.5 Å². The minimum Gasteiger partial charge on any atom is -0.493 e. The van der Waals surface area contributed by atoms with Crippen molar-refractivity contribution in [2.24, 2.45) is 0 Å². The number of nitrogens with zero attached hydrogens (tertiary/aromatic N) is 2. The lowest BCUT2D eigenvalue weighted by molar-refractivity contribution is 0.280. The summed E-state index contributed by atoms with van der Waals surface area (Å²) >= 11 is 6.16. The van der Waals surface area contributed by atoms with Crippen LogP contribution in [0.4, 0.5) is 10.3 Å². The van der Waals surface area contributed by atoms with Crippen molar-refractivity contribution in [3.8, 4) is 22.8 Å². The number of nitrogens with two attached hydrogens (primary N) is 1. The first-order valence-electron chi connectivity index (χ1n) is 8.82. The molecule has 1 aromatic heterocycles. The lowest BCUT2D eigenvalue weighted by Crippen LogP contribution is -2.01. The van der Waals surface area contributed by atoms with Crippen molar-refractivity contribution in [2.45, 2.75) is 6.61 Å². The Labute approximate surface area is 171 Å². The molecule has 1 heterocycles. The van der Waals surface area contributed by atoms with Crippen LogP contribution in [0.5, 0.6) is 11.5 Å². The number of halogens is 2. The maximum absolute atomic E-state index is 13.9. The SMILES string of the molecule is COc1ccc(-c2nc(N)nc3ccc(Cl)cc23)cc1OCc1ccccc1F. The van der Waals surface area contributed by atoms with Crippen molar-refractivity contribution in [2.75, 3.05) is 12.8 Å². The van der Waals surface area contributed by atoms with E-state index in [1.54, 1.807) is 55.6 Å². The van der Waals surface area contributed by atoms with Crippen LogP contribution in [0.1, 0.15) is 5.56 Å². The smallest absolute Gasteiger partial charge is 0.221 e. The van der Waals surface area contributed by atoms with Crippen LogP contribution in [0, 0.1) is 5.82 Å². The summed E-state index contributed by atoms with van der Waals surface area (Å²) in [4.78, 5) is 8.65. The first-order chi connectivity index (χ1) is 14.0. The molecule has 0 spiro atoms. The molecule has 0 unspecified atom stereocenters. The average molecular weight is 410 g/mol. The van der Waals surface area contributed by atoms with E-state index in [0.29, 0.717) is 33.3 Å². The summed E-state index contributed by atoms with van der Waals surface area (Å²) in [6.45, 7) is 0.0605. The summed E-state index contributed by atoms with van der Waals surface area (Å²) < 4.78 is 25.2. The molecule has 0 amide bonds. The largest absolute Gasteiger partial charge is 0.493 e. The van der Waals surface area contributed by atoms with Gasteiger partial charge in [-0.15, -0.1) is 0 Å². The van der Waals surface area contributed by atoms with Crippen LogP contribution < -0.4 is 15.2 Å². The molecular weight excluding hydrogens is 393 g/mol. The number of methoxy groups -OCH3 is 1. The lowest BCUT2D eigenvalue weighted by Gasteiger charge is -2.14. The van der Waals surface area contributed by atoms with E-state index in [0.717, 1.165) is 10.9 Å². The molecule has 3 aromatic carbocycles. The summed E-state index contributed by atoms with van der Waals surface area (Å²) in [6, 6.07) is 17.2. The van der Waals surface area contributed by atoms with Gasteiger partial charge in [0.15, 0.2) is 11.5 Å². The monoisotopic (exact) mass is 409 g/mol. The molecule has 0 saturated carbocycles. The summed E-state index contributed by atoms with van der Waals surface area (Å²) in [5, 5.41) is 1.33. The zero-order valence-corrected chi connectivity index (χ0v) is 16.3. The Kier molecular flexibility index (Phi) is 5.18. The van der Waals surface area contributed by atoms with Crippen LogP contribution in [0.2, 0.25) is 5.02 Å². The molecule has 7 heteroatoms. The second-order valence-electron chi connectivity index (χ2n) is 6.34. The van der Waals surface area contributed by atoms with E-state index >= 15 is 0 Å². The Morgan fingerprint density at radius 1 is 1.00 bits per heavy atom. The molecule has 4 aromatic rings. The number of anilines is 1. The van der Waals surface area contributed by atoms with Gasteiger partial charge in [0.25, 0.3) is 0 Å². The normalized spacial score (nSPS) is 10.9. The highest BCUT2D eigenvalue weighted by Crippen LogP contribution is 2.35. The Morgan fingerprint density at radius 2 is 1.83 bits per heavy atom. The van der Waals surface area contributed by atoms with Gasteiger partial charge < -0.3 is 15.2 Å². The minimum absolute atomic E-state index is 0.0605. The second-order valence-corrected chi connectivity index (χ2v) is 6.77. The van der Waals surface area contributed by atoms with Crippen LogP contribution in [-0.4, -0.2) is 17.1 Å². The van der Waals surface area contributed by atoms with Crippen molar-refractivity contribution < 1.29 is 13.9 Å². The standard InChI is InChI=1S/C22H17ClFN3O2/c1-28-19-9-6-13(10-20(19)29-12-14-4-2-3-5-17(14)24)21-16-11-15(23)7-8-18(16)26-22(25)27-21/h2-11H,12H2,1H3,(H2,25,26,27). The van der Waals surface area contributed by atoms with E-state index in [-0.39, 0.29) is 18.4 Å². The number of hydrogen-bond acceptors (Lipinski definition) is 5. The predicted molar refractivity (Wildman–Crippen MR) is 112 cm³/mol. The van der Waals surface area contributed by atoms with Gasteiger partial charge in [0.2, 0.25) is 5.95 Å². The van der Waals surface area contributed by atoms with Gasteiger partial charge in [0.05, 0.1) is 18.3 Å². The van der Waals surface area contributed by atoms with E-state index < -0.39 is 0 Å². The third-order valence-corrected chi connectivity index (χ3v) is 4.69. The van der Waals surface area contributed by atoms with E-state index in [1.165, 1.54) is 6.07 Å². The Hall–Kier alpha value is -3.38. The summed E-state index contributed by atoms with van der Waals surface area (Å²) in [6.07, 6.45) is 0. The van der Waals surface area contributed by atoms with Gasteiger partial charge in [-0.25, -0.2) is 14.4 Å². The Morgan fingerprint density at radius 3 is 2.62 bits per heavy atom. The molecule has 0 fully saturated rings. The molecule has 0 saturated heterocycles. The van der Waals surface area contributed by atoms with E-state index in [4.69, 9.17) is 26.8 Å². The molecule has 0 aliphatic carbocycles. The molecule has 0 bridgehead atoms. The highest BCUT2D eigenvalue weighted by molar-refractivity contribution is 6.31. The minimum atomic E-state index is -0.327. The Bertz CT molecular complexity index is 1200. The summed E-state index contributed by atoms with van der Waals surface area (Å²) in [5.74, 6) is 0.807. The molecule has 0 atom stereocenters. The number of benzene rings is 3. The molecule has 2 N–H and O–H groups in total. The van der Waals surface area contributed by atoms with E-state index in [1.807, 2.05) is 6.07 Å². The number of ether oxygens (including phenoxy) is 2. The zero-order valence-electron chi connectivity index (χ0n) is 15.5. The third-order valence-electron chi connectivity index (χ3n) is 4.45. The lowest BCUT2D eigenvalue weighted by atomic mass is 10.1. The molecule has 29 heavy (non-hydrogen) atoms. The fourth-order valence-corrected chi connectivity index (χ4v) is 3.22. The van der Waals surface area contributed by atoms with Gasteiger partial charge in [-0.1, -0.05) is 29.8 Å². The van der Waals surface area contributed by atoms with Crippen molar-refractivity contribution in [1.82, 2.24) is 9.97 Å². The summed E-state index contributed by atoms with van der Waals surface area (Å²) in [7, 11) is 1.54. The fraction of sp³-hybridized carbons (Fsp3) is 0.0909. The van der Waals surface area contributed by atoms with Gasteiger partial charge in [-0.05, 0) is 42.5 Å². The van der Waals surface area contributed by atoms with Crippen LogP contribution >= 0.6 is 11.6 Å². The molecule has 146 valence electrons. The number of nitrogen functional groups attached to an aromatic ring is 1. The molecule has 0 radical (unpaired) electrons. The first kappa shape index (κ1) is 19.0. The van der Waals surface area contributed by atoms with Gasteiger partial charge in [0.1, 0.15) is 12.4 Å². The van der Waals surface area contributed by atoms with Crippen molar-refractivity contribution in [3.05, 3.63) is 77.1 Å². The maximum Gasteiger partial charge on any atom is 0.221 e. The van der Waals surface area contributed by atoms with Gasteiger partial charge >= 0.3 is 0 Å². The summed E-state index contributed by atoms with van der Waals surface area (Å²) in [5.41, 5.74) is 8.39. The zero-order chi connectivity index (χ0) is 20.4. The molecule has 0 aliphatic heterocycles. The highest BCUT2D eigenvalue weighted by Gasteiger charge is 2.14. The van der Waals surface area contributed by atoms with Gasteiger partial charge in [0, 0.05) is 21.5 Å². The molecule has 4 rings (SSSR count). The molecular formula is C22H17ClFN3O2. The number of hydrogen-bond donors (Lipinski definition) is 1.